The number of benzene rings is 1. The van der Waals surface area contributed by atoms with Gasteiger partial charge in [0.05, 0.1) is 6.54 Å². The first kappa shape index (κ1) is 25.7. The second-order valence-electron chi connectivity index (χ2n) is 11.1. The van der Waals surface area contributed by atoms with Crippen molar-refractivity contribution in [3.05, 3.63) is 53.7 Å². The number of anilines is 3. The number of hydrogen-bond acceptors (Lipinski definition) is 8. The number of piperidine rings is 1. The lowest BCUT2D eigenvalue weighted by molar-refractivity contribution is -0.134. The molecule has 7 rings (SSSR count). The Morgan fingerprint density at radius 1 is 1.02 bits per heavy atom. The number of amides is 1. The minimum absolute atomic E-state index is 0.119. The molecule has 4 aromatic rings. The van der Waals surface area contributed by atoms with Gasteiger partial charge < -0.3 is 25.2 Å². The fourth-order valence-electron chi connectivity index (χ4n) is 6.30. The number of carbonyl (C=O) groups is 1. The maximum atomic E-state index is 15.3. The zero-order valence-electron chi connectivity index (χ0n) is 23.3. The molecule has 2 N–H and O–H groups in total. The van der Waals surface area contributed by atoms with Crippen molar-refractivity contribution in [2.24, 2.45) is 0 Å². The van der Waals surface area contributed by atoms with E-state index in [1.54, 1.807) is 17.1 Å². The van der Waals surface area contributed by atoms with Crippen LogP contribution in [0.3, 0.4) is 0 Å². The Bertz CT molecular complexity index is 1650. The third-order valence-electron chi connectivity index (χ3n) is 8.50. The summed E-state index contributed by atoms with van der Waals surface area (Å²) in [4.78, 5) is 26.2. The number of hydrogen-bond donors (Lipinski definition) is 2. The van der Waals surface area contributed by atoms with Gasteiger partial charge in [0, 0.05) is 66.7 Å². The molecule has 1 amide bonds. The van der Waals surface area contributed by atoms with Crippen LogP contribution in [0.4, 0.5) is 21.7 Å². The quantitative estimate of drug-likeness (QED) is 0.393. The van der Waals surface area contributed by atoms with Crippen molar-refractivity contribution in [1.29, 1.82) is 0 Å². The lowest BCUT2D eigenvalue weighted by atomic mass is 9.98. The van der Waals surface area contributed by atoms with Crippen LogP contribution in [-0.4, -0.2) is 76.4 Å². The predicted molar refractivity (Wildman–Crippen MR) is 155 cm³/mol. The van der Waals surface area contributed by atoms with Crippen molar-refractivity contribution in [2.45, 2.75) is 38.8 Å². The van der Waals surface area contributed by atoms with E-state index in [0.717, 1.165) is 66.8 Å². The first-order valence-electron chi connectivity index (χ1n) is 14.2. The smallest absolute Gasteiger partial charge is 0.244 e. The number of carbonyl (C=O) groups excluding carboxylic acids is 1. The van der Waals surface area contributed by atoms with Gasteiger partial charge in [-0.2, -0.15) is 5.10 Å². The van der Waals surface area contributed by atoms with Gasteiger partial charge in [0.25, 0.3) is 0 Å². The van der Waals surface area contributed by atoms with Crippen molar-refractivity contribution in [1.82, 2.24) is 30.0 Å². The molecule has 0 unspecified atom stereocenters. The van der Waals surface area contributed by atoms with Gasteiger partial charge in [-0.25, -0.2) is 14.4 Å². The van der Waals surface area contributed by atoms with Gasteiger partial charge in [0.2, 0.25) is 11.8 Å². The topological polar surface area (TPSA) is 100 Å². The van der Waals surface area contributed by atoms with Gasteiger partial charge in [-0.3, -0.25) is 9.48 Å². The lowest BCUT2D eigenvalue weighted by Gasteiger charge is -2.33. The molecule has 41 heavy (non-hydrogen) atoms. The summed E-state index contributed by atoms with van der Waals surface area (Å²) in [7, 11) is 2.00. The van der Waals surface area contributed by atoms with Crippen molar-refractivity contribution >= 4 is 34.0 Å². The summed E-state index contributed by atoms with van der Waals surface area (Å²) >= 11 is 0. The summed E-state index contributed by atoms with van der Waals surface area (Å²) in [5.41, 5.74) is 4.05. The van der Waals surface area contributed by atoms with Crippen LogP contribution in [0.1, 0.15) is 24.1 Å². The average molecular weight is 557 g/mol. The maximum Gasteiger partial charge on any atom is 0.244 e. The fourth-order valence-corrected chi connectivity index (χ4v) is 6.30. The summed E-state index contributed by atoms with van der Waals surface area (Å²) in [6.07, 6.45) is 6.09. The standard InChI is InChI=1S/C30H33FN8O2/c1-18-24(16-34-30-29(18)37(2)9-10-41-30)23-11-19-13-26(33-15-20(19)12-25(23)31)35-27-14-22-5-8-38(21-3-6-32-7-4-21)28(40)17-39(22)36-27/h11-16,21,32H,3-10,17H2,1-2H3,(H,33,35,36). The van der Waals surface area contributed by atoms with E-state index in [4.69, 9.17) is 4.74 Å². The van der Waals surface area contributed by atoms with E-state index in [-0.39, 0.29) is 18.3 Å². The Morgan fingerprint density at radius 2 is 1.88 bits per heavy atom. The molecule has 1 saturated heterocycles. The van der Waals surface area contributed by atoms with E-state index in [1.165, 1.54) is 6.07 Å². The number of pyridine rings is 2. The number of aromatic nitrogens is 4. The summed E-state index contributed by atoms with van der Waals surface area (Å²) < 4.78 is 22.9. The molecule has 11 heteroatoms. The van der Waals surface area contributed by atoms with Crippen LogP contribution >= 0.6 is 0 Å². The van der Waals surface area contributed by atoms with Crippen LogP contribution < -0.4 is 20.3 Å². The Kier molecular flexibility index (Phi) is 6.45. The number of rotatable bonds is 4. The van der Waals surface area contributed by atoms with Gasteiger partial charge in [0.1, 0.15) is 30.5 Å². The molecule has 0 bridgehead atoms. The minimum Gasteiger partial charge on any atom is -0.474 e. The summed E-state index contributed by atoms with van der Waals surface area (Å²) in [5, 5.41) is 12.9. The maximum absolute atomic E-state index is 15.3. The Balaban J connectivity index is 1.14. The van der Waals surface area contributed by atoms with Gasteiger partial charge in [-0.15, -0.1) is 0 Å². The van der Waals surface area contributed by atoms with E-state index in [9.17, 15) is 4.79 Å². The van der Waals surface area contributed by atoms with Gasteiger partial charge in [-0.05, 0) is 62.0 Å². The van der Waals surface area contributed by atoms with Crippen LogP contribution in [0.25, 0.3) is 21.9 Å². The van der Waals surface area contributed by atoms with E-state index < -0.39 is 0 Å². The third kappa shape index (κ3) is 4.73. The first-order valence-corrected chi connectivity index (χ1v) is 14.2. The van der Waals surface area contributed by atoms with Crippen LogP contribution in [0.2, 0.25) is 0 Å². The molecule has 0 saturated carbocycles. The molecule has 3 aliphatic heterocycles. The number of halogens is 1. The molecule has 0 atom stereocenters. The lowest BCUT2D eigenvalue weighted by Crippen LogP contribution is -2.47. The predicted octanol–water partition coefficient (Wildman–Crippen LogP) is 3.65. The molecule has 3 aromatic heterocycles. The second kappa shape index (κ2) is 10.3. The monoisotopic (exact) mass is 556 g/mol. The van der Waals surface area contributed by atoms with Gasteiger partial charge in [-0.1, -0.05) is 0 Å². The van der Waals surface area contributed by atoms with E-state index in [2.05, 4.69) is 30.6 Å². The zero-order chi connectivity index (χ0) is 28.1. The highest BCUT2D eigenvalue weighted by Gasteiger charge is 2.29. The van der Waals surface area contributed by atoms with Gasteiger partial charge >= 0.3 is 0 Å². The highest BCUT2D eigenvalue weighted by molar-refractivity contribution is 5.90. The van der Waals surface area contributed by atoms with E-state index in [1.807, 2.05) is 37.1 Å². The normalized spacial score (nSPS) is 17.7. The molecular weight excluding hydrogens is 523 g/mol. The SMILES string of the molecule is Cc1c(-c2cc3cc(Nc4cc5n(n4)CC(=O)N(C4CCNCC4)CC5)ncc3cc2F)cnc2c1N(C)CCO2. The summed E-state index contributed by atoms with van der Waals surface area (Å²) in [6, 6.07) is 7.54. The summed E-state index contributed by atoms with van der Waals surface area (Å²) in [6.45, 7) is 6.16. The highest BCUT2D eigenvalue weighted by atomic mass is 19.1. The van der Waals surface area contributed by atoms with Crippen LogP contribution in [0, 0.1) is 12.7 Å². The summed E-state index contributed by atoms with van der Waals surface area (Å²) in [5.74, 6) is 1.60. The largest absolute Gasteiger partial charge is 0.474 e. The van der Waals surface area contributed by atoms with Crippen LogP contribution in [0.5, 0.6) is 5.88 Å². The van der Waals surface area contributed by atoms with Crippen molar-refractivity contribution in [3.8, 4) is 17.0 Å². The Morgan fingerprint density at radius 3 is 2.73 bits per heavy atom. The van der Waals surface area contributed by atoms with E-state index >= 15 is 4.39 Å². The molecule has 10 nitrogen and oxygen atoms in total. The Hall–Kier alpha value is -4.25. The second-order valence-corrected chi connectivity index (χ2v) is 11.1. The molecule has 3 aliphatic rings. The Labute approximate surface area is 237 Å². The molecule has 212 valence electrons. The number of nitrogens with one attached hydrogen (secondary N) is 2. The number of fused-ring (bicyclic) bond motifs is 3. The number of likely N-dealkylation sites (N-methyl/N-ethyl adjacent to an activating group) is 1. The number of nitrogens with zero attached hydrogens (tertiary/aromatic N) is 6. The molecule has 0 spiro atoms. The average Bonchev–Trinajstić information content (AvgIpc) is 3.26. The highest BCUT2D eigenvalue weighted by Crippen LogP contribution is 2.39. The fraction of sp³-hybridized carbons (Fsp3) is 0.400. The minimum atomic E-state index is -0.328. The molecule has 1 aromatic carbocycles. The molecule has 0 radical (unpaired) electrons. The third-order valence-corrected chi connectivity index (χ3v) is 8.50. The van der Waals surface area contributed by atoms with Crippen molar-refractivity contribution < 1.29 is 13.9 Å². The van der Waals surface area contributed by atoms with Gasteiger partial charge in [0.15, 0.2) is 5.82 Å². The van der Waals surface area contributed by atoms with Crippen LogP contribution in [-0.2, 0) is 17.8 Å². The molecule has 1 fully saturated rings. The van der Waals surface area contributed by atoms with Crippen LogP contribution in [0.15, 0.2) is 36.7 Å². The van der Waals surface area contributed by atoms with Crippen molar-refractivity contribution in [3.63, 3.8) is 0 Å². The molecule has 6 heterocycles. The van der Waals surface area contributed by atoms with E-state index in [0.29, 0.717) is 47.7 Å². The molecular formula is C30H33FN8O2. The number of ether oxygens (including phenoxy) is 1. The van der Waals surface area contributed by atoms with Crippen molar-refractivity contribution in [2.75, 3.05) is 50.1 Å². The first-order chi connectivity index (χ1) is 19.9. The molecule has 0 aliphatic carbocycles. The zero-order valence-corrected chi connectivity index (χ0v) is 23.3.